The van der Waals surface area contributed by atoms with Crippen molar-refractivity contribution in [1.29, 1.82) is 0 Å². The highest BCUT2D eigenvalue weighted by Crippen LogP contribution is 2.30. The van der Waals surface area contributed by atoms with Gasteiger partial charge in [0, 0.05) is 16.7 Å². The third-order valence-corrected chi connectivity index (χ3v) is 4.70. The van der Waals surface area contributed by atoms with Crippen molar-refractivity contribution in [3.8, 4) is 0 Å². The van der Waals surface area contributed by atoms with Crippen molar-refractivity contribution in [2.75, 3.05) is 5.32 Å². The molecule has 102 valence electrons. The normalized spacial score (nSPS) is 27.6. The molecule has 1 aliphatic rings. The molecule has 1 N–H and O–H groups in total. The fourth-order valence-corrected chi connectivity index (χ4v) is 3.11. The number of pyridine rings is 1. The van der Waals surface area contributed by atoms with E-state index in [0.717, 1.165) is 27.9 Å². The Labute approximate surface area is 121 Å². The molecular formula is C14H19BrN4. The smallest absolute Gasteiger partial charge is 0.243 e. The fraction of sp³-hybridized carbons (Fsp3) is 0.571. The monoisotopic (exact) mass is 322 g/mol. The van der Waals surface area contributed by atoms with Gasteiger partial charge in [0.25, 0.3) is 0 Å². The van der Waals surface area contributed by atoms with E-state index in [2.05, 4.69) is 45.2 Å². The highest BCUT2D eigenvalue weighted by molar-refractivity contribution is 9.10. The topological polar surface area (TPSA) is 42.2 Å². The molecule has 3 unspecified atom stereocenters. The lowest BCUT2D eigenvalue weighted by atomic mass is 9.79. The van der Waals surface area contributed by atoms with E-state index < -0.39 is 0 Å². The maximum absolute atomic E-state index is 4.51. The summed E-state index contributed by atoms with van der Waals surface area (Å²) in [6.45, 7) is 4.69. The second-order valence-electron chi connectivity index (χ2n) is 5.69. The van der Waals surface area contributed by atoms with Crippen LogP contribution in [0.5, 0.6) is 0 Å². The molecule has 0 aliphatic heterocycles. The van der Waals surface area contributed by atoms with Crippen molar-refractivity contribution in [1.82, 2.24) is 14.6 Å². The molecule has 0 bridgehead atoms. The maximum Gasteiger partial charge on any atom is 0.243 e. The number of anilines is 1. The molecule has 0 aromatic carbocycles. The average molecular weight is 323 g/mol. The first-order chi connectivity index (χ1) is 9.11. The number of nitrogens with zero attached hydrogens (tertiary/aromatic N) is 3. The minimum Gasteiger partial charge on any atom is -0.350 e. The van der Waals surface area contributed by atoms with Crippen molar-refractivity contribution in [3.05, 3.63) is 22.8 Å². The number of rotatable bonds is 2. The molecular weight excluding hydrogens is 304 g/mol. The Morgan fingerprint density at radius 1 is 1.26 bits per heavy atom. The van der Waals surface area contributed by atoms with Crippen LogP contribution in [0.2, 0.25) is 0 Å². The molecule has 2 aromatic heterocycles. The van der Waals surface area contributed by atoms with Gasteiger partial charge < -0.3 is 5.32 Å². The molecule has 0 radical (unpaired) electrons. The van der Waals surface area contributed by atoms with Crippen LogP contribution in [0.3, 0.4) is 0 Å². The third-order valence-electron chi connectivity index (χ3n) is 4.23. The van der Waals surface area contributed by atoms with Gasteiger partial charge in [-0.1, -0.05) is 13.8 Å². The van der Waals surface area contributed by atoms with Crippen LogP contribution in [0.4, 0.5) is 5.95 Å². The average Bonchev–Trinajstić information content (AvgIpc) is 2.75. The zero-order valence-electron chi connectivity index (χ0n) is 11.3. The van der Waals surface area contributed by atoms with Gasteiger partial charge in [0.1, 0.15) is 0 Å². The first kappa shape index (κ1) is 12.9. The van der Waals surface area contributed by atoms with Gasteiger partial charge in [-0.2, -0.15) is 4.98 Å². The summed E-state index contributed by atoms with van der Waals surface area (Å²) in [5, 5.41) is 7.96. The van der Waals surface area contributed by atoms with E-state index in [4.69, 9.17) is 0 Å². The Morgan fingerprint density at radius 2 is 2.11 bits per heavy atom. The van der Waals surface area contributed by atoms with E-state index in [1.54, 1.807) is 4.52 Å². The summed E-state index contributed by atoms with van der Waals surface area (Å²) in [6, 6.07) is 4.46. The molecule has 3 atom stereocenters. The Kier molecular flexibility index (Phi) is 3.48. The molecule has 3 rings (SSSR count). The summed E-state index contributed by atoms with van der Waals surface area (Å²) < 4.78 is 2.82. The second-order valence-corrected chi connectivity index (χ2v) is 6.61. The van der Waals surface area contributed by atoms with E-state index in [-0.39, 0.29) is 0 Å². The SMILES string of the molecule is CC1CCC(Nc2nc3ccc(Br)cn3n2)CC1C. The van der Waals surface area contributed by atoms with E-state index in [9.17, 15) is 0 Å². The van der Waals surface area contributed by atoms with Gasteiger partial charge >= 0.3 is 0 Å². The van der Waals surface area contributed by atoms with Crippen LogP contribution in [-0.4, -0.2) is 20.6 Å². The summed E-state index contributed by atoms with van der Waals surface area (Å²) in [5.41, 5.74) is 0.878. The van der Waals surface area contributed by atoms with Crippen LogP contribution in [0.25, 0.3) is 5.65 Å². The summed E-state index contributed by atoms with van der Waals surface area (Å²) in [5.74, 6) is 2.35. The minimum absolute atomic E-state index is 0.507. The molecule has 1 saturated carbocycles. The van der Waals surface area contributed by atoms with E-state index in [1.165, 1.54) is 19.3 Å². The number of aromatic nitrogens is 3. The Bertz CT molecular complexity index is 580. The molecule has 1 fully saturated rings. The molecule has 2 heterocycles. The van der Waals surface area contributed by atoms with Crippen LogP contribution < -0.4 is 5.32 Å². The van der Waals surface area contributed by atoms with Crippen LogP contribution >= 0.6 is 15.9 Å². The van der Waals surface area contributed by atoms with E-state index in [1.807, 2.05) is 18.3 Å². The van der Waals surface area contributed by atoms with Gasteiger partial charge in [0.05, 0.1) is 0 Å². The van der Waals surface area contributed by atoms with Gasteiger partial charge in [-0.05, 0) is 59.2 Å². The largest absolute Gasteiger partial charge is 0.350 e. The summed E-state index contributed by atoms with van der Waals surface area (Å²) in [7, 11) is 0. The van der Waals surface area contributed by atoms with E-state index >= 15 is 0 Å². The van der Waals surface area contributed by atoms with Gasteiger partial charge in [-0.25, -0.2) is 4.52 Å². The predicted molar refractivity (Wildman–Crippen MR) is 80.3 cm³/mol. The lowest BCUT2D eigenvalue weighted by Crippen LogP contribution is -2.30. The molecule has 0 spiro atoms. The van der Waals surface area contributed by atoms with Crippen LogP contribution in [0.1, 0.15) is 33.1 Å². The molecule has 19 heavy (non-hydrogen) atoms. The van der Waals surface area contributed by atoms with Crippen LogP contribution in [-0.2, 0) is 0 Å². The molecule has 5 heteroatoms. The van der Waals surface area contributed by atoms with Crippen molar-refractivity contribution < 1.29 is 0 Å². The molecule has 1 aliphatic carbocycles. The summed E-state index contributed by atoms with van der Waals surface area (Å²) in [4.78, 5) is 4.51. The molecule has 2 aromatic rings. The first-order valence-corrected chi connectivity index (χ1v) is 7.69. The quantitative estimate of drug-likeness (QED) is 0.916. The van der Waals surface area contributed by atoms with Crippen LogP contribution in [0, 0.1) is 11.8 Å². The van der Waals surface area contributed by atoms with Crippen molar-refractivity contribution >= 4 is 27.5 Å². The highest BCUT2D eigenvalue weighted by Gasteiger charge is 2.25. The van der Waals surface area contributed by atoms with Gasteiger partial charge in [-0.15, -0.1) is 5.10 Å². The summed E-state index contributed by atoms with van der Waals surface area (Å²) in [6.07, 6.45) is 5.64. The fourth-order valence-electron chi connectivity index (χ4n) is 2.78. The zero-order valence-corrected chi connectivity index (χ0v) is 12.9. The number of nitrogens with one attached hydrogen (secondary N) is 1. The second kappa shape index (κ2) is 5.12. The third kappa shape index (κ3) is 2.76. The predicted octanol–water partition coefficient (Wildman–Crippen LogP) is 3.73. The molecule has 0 saturated heterocycles. The summed E-state index contributed by atoms with van der Waals surface area (Å²) >= 11 is 3.45. The van der Waals surface area contributed by atoms with E-state index in [0.29, 0.717) is 6.04 Å². The molecule has 4 nitrogen and oxygen atoms in total. The zero-order chi connectivity index (χ0) is 13.4. The Hall–Kier alpha value is -1.10. The lowest BCUT2D eigenvalue weighted by molar-refractivity contribution is 0.260. The van der Waals surface area contributed by atoms with Gasteiger partial charge in [0.15, 0.2) is 5.65 Å². The Balaban J connectivity index is 1.74. The molecule has 0 amide bonds. The number of hydrogen-bond acceptors (Lipinski definition) is 3. The van der Waals surface area contributed by atoms with Gasteiger partial charge in [0.2, 0.25) is 5.95 Å². The van der Waals surface area contributed by atoms with Gasteiger partial charge in [-0.3, -0.25) is 0 Å². The van der Waals surface area contributed by atoms with Crippen molar-refractivity contribution in [2.45, 2.75) is 39.2 Å². The van der Waals surface area contributed by atoms with Crippen molar-refractivity contribution in [2.24, 2.45) is 11.8 Å². The van der Waals surface area contributed by atoms with Crippen molar-refractivity contribution in [3.63, 3.8) is 0 Å². The Morgan fingerprint density at radius 3 is 2.89 bits per heavy atom. The number of hydrogen-bond donors (Lipinski definition) is 1. The minimum atomic E-state index is 0.507. The maximum atomic E-state index is 4.51. The lowest BCUT2D eigenvalue weighted by Gasteiger charge is -2.32. The standard InChI is InChI=1S/C14H19BrN4/c1-9-3-5-12(7-10(9)2)16-14-17-13-6-4-11(15)8-19(13)18-14/h4,6,8-10,12H,3,5,7H2,1-2H3,(H,16,18). The highest BCUT2D eigenvalue weighted by atomic mass is 79.9. The van der Waals surface area contributed by atoms with Crippen LogP contribution in [0.15, 0.2) is 22.8 Å². The number of halogens is 1. The first-order valence-electron chi connectivity index (χ1n) is 6.90. The number of fused-ring (bicyclic) bond motifs is 1.